The van der Waals surface area contributed by atoms with Crippen LogP contribution in [-0.2, 0) is 11.8 Å². The predicted molar refractivity (Wildman–Crippen MR) is 111 cm³/mol. The summed E-state index contributed by atoms with van der Waals surface area (Å²) in [7, 11) is 3.50. The van der Waals surface area contributed by atoms with Crippen LogP contribution in [0, 0.1) is 6.92 Å². The van der Waals surface area contributed by atoms with Gasteiger partial charge in [0.2, 0.25) is 5.91 Å². The van der Waals surface area contributed by atoms with Gasteiger partial charge >= 0.3 is 0 Å². The zero-order valence-corrected chi connectivity index (χ0v) is 16.8. The van der Waals surface area contributed by atoms with Crippen LogP contribution < -0.4 is 10.1 Å². The third-order valence-electron chi connectivity index (χ3n) is 4.48. The van der Waals surface area contributed by atoms with E-state index >= 15 is 0 Å². The van der Waals surface area contributed by atoms with E-state index in [1.54, 1.807) is 19.4 Å². The van der Waals surface area contributed by atoms with Gasteiger partial charge in [-0.15, -0.1) is 0 Å². The summed E-state index contributed by atoms with van der Waals surface area (Å²) >= 11 is 6.15. The summed E-state index contributed by atoms with van der Waals surface area (Å²) in [6, 6.07) is 12.8. The summed E-state index contributed by atoms with van der Waals surface area (Å²) in [5, 5.41) is 3.69. The Morgan fingerprint density at radius 2 is 2.07 bits per heavy atom. The van der Waals surface area contributed by atoms with Gasteiger partial charge in [-0.25, -0.2) is 4.98 Å². The lowest BCUT2D eigenvalue weighted by atomic mass is 10.0. The zero-order valence-electron chi connectivity index (χ0n) is 16.0. The number of halogens is 1. The second-order valence-electron chi connectivity index (χ2n) is 6.42. The Morgan fingerprint density at radius 1 is 1.29 bits per heavy atom. The minimum Gasteiger partial charge on any atom is -0.496 e. The standard InChI is InChI=1S/C22H22ClN3O2/c1-15-8-9-16(14-18(15)23)10-11-20(27)25-21(22-24-12-13-26(22)2)17-6-4-5-7-19(17)28-3/h4-14,21H,1-3H3,(H,25,27)/b11-10+. The molecule has 28 heavy (non-hydrogen) atoms. The van der Waals surface area contributed by atoms with Crippen LogP contribution in [0.15, 0.2) is 60.9 Å². The second-order valence-corrected chi connectivity index (χ2v) is 6.83. The van der Waals surface area contributed by atoms with Crippen molar-refractivity contribution in [2.45, 2.75) is 13.0 Å². The number of nitrogens with zero attached hydrogens (tertiary/aromatic N) is 2. The van der Waals surface area contributed by atoms with E-state index < -0.39 is 6.04 Å². The third kappa shape index (κ3) is 4.43. The number of aromatic nitrogens is 2. The Kier molecular flexibility index (Phi) is 6.16. The van der Waals surface area contributed by atoms with Crippen LogP contribution in [0.5, 0.6) is 5.75 Å². The number of hydrogen-bond donors (Lipinski definition) is 1. The fraction of sp³-hybridized carbons (Fsp3) is 0.182. The first-order valence-corrected chi connectivity index (χ1v) is 9.22. The quantitative estimate of drug-likeness (QED) is 0.633. The van der Waals surface area contributed by atoms with Gasteiger partial charge in [-0.1, -0.05) is 41.9 Å². The van der Waals surface area contributed by atoms with Crippen molar-refractivity contribution < 1.29 is 9.53 Å². The van der Waals surface area contributed by atoms with Gasteiger partial charge in [-0.3, -0.25) is 4.79 Å². The summed E-state index contributed by atoms with van der Waals surface area (Å²) in [6.07, 6.45) is 6.77. The Balaban J connectivity index is 1.87. The lowest BCUT2D eigenvalue weighted by Gasteiger charge is -2.20. The highest BCUT2D eigenvalue weighted by Crippen LogP contribution is 2.29. The van der Waals surface area contributed by atoms with Crippen LogP contribution in [0.2, 0.25) is 5.02 Å². The lowest BCUT2D eigenvalue weighted by Crippen LogP contribution is -2.30. The molecule has 1 heterocycles. The van der Waals surface area contributed by atoms with Crippen LogP contribution in [0.25, 0.3) is 6.08 Å². The molecular weight excluding hydrogens is 374 g/mol. The summed E-state index contributed by atoms with van der Waals surface area (Å²) in [6.45, 7) is 1.94. The molecule has 0 aliphatic carbocycles. The SMILES string of the molecule is COc1ccccc1C(NC(=O)/C=C/c1ccc(C)c(Cl)c1)c1nccn1C. The molecule has 3 rings (SSSR count). The molecule has 1 N–H and O–H groups in total. The molecule has 0 saturated carbocycles. The van der Waals surface area contributed by atoms with Gasteiger partial charge < -0.3 is 14.6 Å². The number of hydrogen-bond acceptors (Lipinski definition) is 3. The predicted octanol–water partition coefficient (Wildman–Crippen LogP) is 4.31. The van der Waals surface area contributed by atoms with E-state index in [9.17, 15) is 4.79 Å². The third-order valence-corrected chi connectivity index (χ3v) is 4.88. The molecule has 0 saturated heterocycles. The Labute approximate surface area is 169 Å². The molecule has 0 spiro atoms. The number of methoxy groups -OCH3 is 1. The van der Waals surface area contributed by atoms with Crippen molar-refractivity contribution in [3.05, 3.63) is 88.5 Å². The van der Waals surface area contributed by atoms with Gasteiger partial charge in [0.15, 0.2) is 0 Å². The molecule has 1 atom stereocenters. The largest absolute Gasteiger partial charge is 0.496 e. The molecule has 0 radical (unpaired) electrons. The molecule has 5 nitrogen and oxygen atoms in total. The molecule has 0 aliphatic heterocycles. The number of carbonyl (C=O) groups is 1. The summed E-state index contributed by atoms with van der Waals surface area (Å²) < 4.78 is 7.35. The highest BCUT2D eigenvalue weighted by atomic mass is 35.5. The van der Waals surface area contributed by atoms with Crippen LogP contribution in [0.4, 0.5) is 0 Å². The number of imidazole rings is 1. The van der Waals surface area contributed by atoms with Gasteiger partial charge in [-0.2, -0.15) is 0 Å². The molecule has 6 heteroatoms. The zero-order chi connectivity index (χ0) is 20.1. The Hall–Kier alpha value is -3.05. The van der Waals surface area contributed by atoms with Crippen molar-refractivity contribution in [3.8, 4) is 5.75 Å². The highest BCUT2D eigenvalue weighted by Gasteiger charge is 2.23. The maximum atomic E-state index is 12.6. The fourth-order valence-electron chi connectivity index (χ4n) is 2.92. The van der Waals surface area contributed by atoms with Gasteiger partial charge in [0.25, 0.3) is 0 Å². The van der Waals surface area contributed by atoms with Crippen molar-refractivity contribution in [2.24, 2.45) is 7.05 Å². The molecule has 0 fully saturated rings. The average Bonchev–Trinajstić information content (AvgIpc) is 3.12. The minimum atomic E-state index is -0.449. The van der Waals surface area contributed by atoms with Crippen molar-refractivity contribution in [3.63, 3.8) is 0 Å². The number of rotatable bonds is 6. The van der Waals surface area contributed by atoms with Crippen molar-refractivity contribution >= 4 is 23.6 Å². The molecule has 1 amide bonds. The molecular formula is C22H22ClN3O2. The smallest absolute Gasteiger partial charge is 0.244 e. The van der Waals surface area contributed by atoms with Crippen LogP contribution in [0.3, 0.4) is 0 Å². The summed E-state index contributed by atoms with van der Waals surface area (Å²) in [5.74, 6) is 1.16. The number of para-hydroxylation sites is 1. The number of ether oxygens (including phenoxy) is 1. The summed E-state index contributed by atoms with van der Waals surface area (Å²) in [4.78, 5) is 17.1. The number of amides is 1. The lowest BCUT2D eigenvalue weighted by molar-refractivity contribution is -0.117. The fourth-order valence-corrected chi connectivity index (χ4v) is 3.11. The maximum absolute atomic E-state index is 12.6. The second kappa shape index (κ2) is 8.76. The highest BCUT2D eigenvalue weighted by molar-refractivity contribution is 6.31. The molecule has 1 aromatic heterocycles. The number of nitrogens with one attached hydrogen (secondary N) is 1. The van der Waals surface area contributed by atoms with Crippen molar-refractivity contribution in [1.29, 1.82) is 0 Å². The number of carbonyl (C=O) groups excluding carboxylic acids is 1. The first kappa shape index (κ1) is 19.7. The Bertz CT molecular complexity index is 1010. The van der Waals surface area contributed by atoms with Gasteiger partial charge in [0.1, 0.15) is 17.6 Å². The Morgan fingerprint density at radius 3 is 2.75 bits per heavy atom. The van der Waals surface area contributed by atoms with Crippen molar-refractivity contribution in [2.75, 3.05) is 7.11 Å². The summed E-state index contributed by atoms with van der Waals surface area (Å²) in [5.41, 5.74) is 2.69. The number of benzene rings is 2. The van der Waals surface area contributed by atoms with Gasteiger partial charge in [0, 0.05) is 36.1 Å². The van der Waals surface area contributed by atoms with E-state index in [1.807, 2.05) is 67.2 Å². The molecule has 0 aliphatic rings. The van der Waals surface area contributed by atoms with Crippen LogP contribution >= 0.6 is 11.6 Å². The van der Waals surface area contributed by atoms with Gasteiger partial charge in [-0.05, 0) is 36.3 Å². The molecule has 0 bridgehead atoms. The molecule has 144 valence electrons. The molecule has 2 aromatic carbocycles. The van der Waals surface area contributed by atoms with Crippen LogP contribution in [-0.4, -0.2) is 22.6 Å². The normalized spacial score (nSPS) is 12.1. The van der Waals surface area contributed by atoms with E-state index in [4.69, 9.17) is 16.3 Å². The molecule has 3 aromatic rings. The maximum Gasteiger partial charge on any atom is 0.244 e. The van der Waals surface area contributed by atoms with E-state index in [0.29, 0.717) is 16.6 Å². The molecule has 1 unspecified atom stereocenters. The first-order chi connectivity index (χ1) is 13.5. The van der Waals surface area contributed by atoms with Gasteiger partial charge in [0.05, 0.1) is 7.11 Å². The monoisotopic (exact) mass is 395 g/mol. The van der Waals surface area contributed by atoms with E-state index in [2.05, 4.69) is 10.3 Å². The van der Waals surface area contributed by atoms with E-state index in [-0.39, 0.29) is 5.91 Å². The first-order valence-electron chi connectivity index (χ1n) is 8.84. The van der Waals surface area contributed by atoms with Crippen molar-refractivity contribution in [1.82, 2.24) is 14.9 Å². The minimum absolute atomic E-state index is 0.240. The van der Waals surface area contributed by atoms with E-state index in [1.165, 1.54) is 6.08 Å². The van der Waals surface area contributed by atoms with Crippen LogP contribution in [0.1, 0.15) is 28.6 Å². The number of aryl methyl sites for hydroxylation is 2. The average molecular weight is 396 g/mol. The topological polar surface area (TPSA) is 56.1 Å². The van der Waals surface area contributed by atoms with E-state index in [0.717, 1.165) is 16.7 Å².